The number of hydrogen-bond donors (Lipinski definition) is 5. The molecular formula is C26H24N8O2. The second-order valence-corrected chi connectivity index (χ2v) is 8.03. The number of nitrogens with zero attached hydrogens (tertiary/aromatic N) is 3. The van der Waals surface area contributed by atoms with Gasteiger partial charge in [0.1, 0.15) is 5.75 Å². The van der Waals surface area contributed by atoms with E-state index in [2.05, 4.69) is 36.9 Å². The number of benzene rings is 2. The van der Waals surface area contributed by atoms with Crippen LogP contribution in [0.2, 0.25) is 0 Å². The Morgan fingerprint density at radius 2 is 1.92 bits per heavy atom. The molecule has 180 valence electrons. The number of carbonyl (C=O) groups excluding carboxylic acids is 1. The van der Waals surface area contributed by atoms with Crippen LogP contribution in [0.25, 0.3) is 44.2 Å². The summed E-state index contributed by atoms with van der Waals surface area (Å²) in [6.45, 7) is 0.0867. The van der Waals surface area contributed by atoms with Gasteiger partial charge in [-0.3, -0.25) is 14.8 Å². The Labute approximate surface area is 206 Å². The number of fused-ring (bicyclic) bond motifs is 3. The van der Waals surface area contributed by atoms with Crippen molar-refractivity contribution in [1.29, 1.82) is 0 Å². The molecule has 0 atom stereocenters. The molecule has 10 heteroatoms. The van der Waals surface area contributed by atoms with Crippen LogP contribution in [0.4, 0.5) is 0 Å². The van der Waals surface area contributed by atoms with Gasteiger partial charge in [0.15, 0.2) is 5.84 Å². The quantitative estimate of drug-likeness (QED) is 0.108. The lowest BCUT2D eigenvalue weighted by atomic mass is 9.97. The van der Waals surface area contributed by atoms with Gasteiger partial charge in [-0.2, -0.15) is 5.10 Å². The first-order chi connectivity index (χ1) is 17.6. The van der Waals surface area contributed by atoms with Crippen LogP contribution < -0.4 is 27.2 Å². The van der Waals surface area contributed by atoms with Crippen molar-refractivity contribution in [3.05, 3.63) is 78.8 Å². The number of hydrazine groups is 1. The van der Waals surface area contributed by atoms with Crippen LogP contribution in [0.5, 0.6) is 5.75 Å². The number of hydrogen-bond acceptors (Lipinski definition) is 7. The van der Waals surface area contributed by atoms with E-state index in [0.717, 1.165) is 49.9 Å². The molecule has 3 heterocycles. The largest absolute Gasteiger partial charge is 0.496 e. The number of carbonyl (C=O) groups is 1. The summed E-state index contributed by atoms with van der Waals surface area (Å²) in [7, 11) is 1.64. The number of H-pyrrole nitrogens is 1. The van der Waals surface area contributed by atoms with Gasteiger partial charge in [0, 0.05) is 45.4 Å². The van der Waals surface area contributed by atoms with Crippen LogP contribution in [0, 0.1) is 0 Å². The van der Waals surface area contributed by atoms with Crippen LogP contribution >= 0.6 is 0 Å². The summed E-state index contributed by atoms with van der Waals surface area (Å²) in [5.41, 5.74) is 8.26. The predicted octanol–water partition coefficient (Wildman–Crippen LogP) is 2.92. The highest BCUT2D eigenvalue weighted by molar-refractivity contribution is 6.16. The number of ether oxygens (including phenoxy) is 1. The predicted molar refractivity (Wildman–Crippen MR) is 140 cm³/mol. The Hall–Kier alpha value is -4.96. The van der Waals surface area contributed by atoms with Crippen molar-refractivity contribution in [2.75, 3.05) is 13.7 Å². The van der Waals surface area contributed by atoms with Crippen LogP contribution in [-0.2, 0) is 0 Å². The van der Waals surface area contributed by atoms with E-state index in [9.17, 15) is 4.79 Å². The van der Waals surface area contributed by atoms with Gasteiger partial charge < -0.3 is 26.3 Å². The number of hydrazone groups is 1. The summed E-state index contributed by atoms with van der Waals surface area (Å²) < 4.78 is 5.75. The fourth-order valence-electron chi connectivity index (χ4n) is 4.19. The van der Waals surface area contributed by atoms with Gasteiger partial charge in [-0.1, -0.05) is 12.1 Å². The molecular weight excluding hydrogens is 456 g/mol. The summed E-state index contributed by atoms with van der Waals surface area (Å²) in [6.07, 6.45) is 5.36. The third-order valence-electron chi connectivity index (χ3n) is 5.96. The van der Waals surface area contributed by atoms with E-state index in [-0.39, 0.29) is 18.3 Å². The monoisotopic (exact) mass is 480 g/mol. The van der Waals surface area contributed by atoms with E-state index in [1.165, 1.54) is 0 Å². The highest BCUT2D eigenvalue weighted by Crippen LogP contribution is 2.41. The Morgan fingerprint density at radius 1 is 1.08 bits per heavy atom. The Balaban J connectivity index is 1.58. The zero-order valence-corrected chi connectivity index (χ0v) is 19.4. The SMILES string of the molecule is COc1ccc2[nH]c3cnc(-c4cccnc4)cc3c2c1-c1ccc(C(=O)NC/C(=N/N)NN)cc1. The zero-order valence-electron chi connectivity index (χ0n) is 19.4. The van der Waals surface area contributed by atoms with Gasteiger partial charge in [0.25, 0.3) is 5.91 Å². The van der Waals surface area contributed by atoms with Crippen molar-refractivity contribution in [1.82, 2.24) is 25.7 Å². The van der Waals surface area contributed by atoms with Crippen molar-refractivity contribution >= 4 is 33.5 Å². The normalized spacial score (nSPS) is 11.6. The second kappa shape index (κ2) is 9.72. The third-order valence-corrected chi connectivity index (χ3v) is 5.96. The van der Waals surface area contributed by atoms with Gasteiger partial charge in [-0.25, -0.2) is 5.84 Å². The van der Waals surface area contributed by atoms with E-state index < -0.39 is 0 Å². The molecule has 0 aliphatic carbocycles. The molecule has 0 saturated carbocycles. The molecule has 0 saturated heterocycles. The molecule has 0 fully saturated rings. The molecule has 7 N–H and O–H groups in total. The molecule has 1 amide bonds. The first-order valence-corrected chi connectivity index (χ1v) is 11.1. The van der Waals surface area contributed by atoms with E-state index in [1.54, 1.807) is 31.6 Å². The first kappa shape index (κ1) is 22.8. The third kappa shape index (κ3) is 4.17. The summed E-state index contributed by atoms with van der Waals surface area (Å²) in [4.78, 5) is 24.8. The number of amidine groups is 1. The Kier molecular flexibility index (Phi) is 6.16. The van der Waals surface area contributed by atoms with E-state index in [0.29, 0.717) is 5.56 Å². The van der Waals surface area contributed by atoms with Crippen LogP contribution in [0.3, 0.4) is 0 Å². The van der Waals surface area contributed by atoms with E-state index in [1.807, 2.05) is 42.6 Å². The summed E-state index contributed by atoms with van der Waals surface area (Å²) >= 11 is 0. The molecule has 36 heavy (non-hydrogen) atoms. The summed E-state index contributed by atoms with van der Waals surface area (Å²) in [5, 5.41) is 8.20. The van der Waals surface area contributed by atoms with Crippen molar-refractivity contribution in [3.63, 3.8) is 0 Å². The number of nitrogens with two attached hydrogens (primary N) is 2. The number of pyridine rings is 2. The lowest BCUT2D eigenvalue weighted by molar-refractivity contribution is 0.0959. The Bertz CT molecular complexity index is 1580. The maximum Gasteiger partial charge on any atom is 0.251 e. The summed E-state index contributed by atoms with van der Waals surface area (Å²) in [5.74, 6) is 11.2. The molecule has 5 rings (SSSR count). The molecule has 0 bridgehead atoms. The molecule has 0 spiro atoms. The van der Waals surface area contributed by atoms with Crippen LogP contribution in [0.15, 0.2) is 78.3 Å². The molecule has 0 unspecified atom stereocenters. The van der Waals surface area contributed by atoms with Crippen molar-refractivity contribution < 1.29 is 9.53 Å². The van der Waals surface area contributed by atoms with Crippen molar-refractivity contribution in [2.24, 2.45) is 16.8 Å². The molecule has 0 radical (unpaired) electrons. The fourth-order valence-corrected chi connectivity index (χ4v) is 4.19. The molecule has 3 aromatic heterocycles. The molecule has 10 nitrogen and oxygen atoms in total. The molecule has 5 aromatic rings. The average Bonchev–Trinajstić information content (AvgIpc) is 3.31. The second-order valence-electron chi connectivity index (χ2n) is 8.03. The number of amides is 1. The highest BCUT2D eigenvalue weighted by atomic mass is 16.5. The Morgan fingerprint density at radius 3 is 2.61 bits per heavy atom. The number of aromatic nitrogens is 3. The van der Waals surface area contributed by atoms with Gasteiger partial charge in [0.2, 0.25) is 0 Å². The average molecular weight is 481 g/mol. The van der Waals surface area contributed by atoms with Gasteiger partial charge in [0.05, 0.1) is 31.1 Å². The minimum Gasteiger partial charge on any atom is -0.496 e. The number of methoxy groups -OCH3 is 1. The first-order valence-electron chi connectivity index (χ1n) is 11.1. The van der Waals surface area contributed by atoms with Crippen molar-refractivity contribution in [3.8, 4) is 28.1 Å². The van der Waals surface area contributed by atoms with E-state index in [4.69, 9.17) is 16.4 Å². The lowest BCUT2D eigenvalue weighted by Crippen LogP contribution is -2.41. The topological polar surface area (TPSA) is 156 Å². The van der Waals surface area contributed by atoms with Crippen LogP contribution in [0.1, 0.15) is 10.4 Å². The van der Waals surface area contributed by atoms with Gasteiger partial charge >= 0.3 is 0 Å². The maximum absolute atomic E-state index is 12.6. The molecule has 0 aliphatic rings. The van der Waals surface area contributed by atoms with Gasteiger partial charge in [-0.15, -0.1) is 0 Å². The number of nitrogens with one attached hydrogen (secondary N) is 3. The minimum atomic E-state index is -0.276. The number of aromatic amines is 1. The highest BCUT2D eigenvalue weighted by Gasteiger charge is 2.17. The standard InChI is InChI=1S/C26H24N8O2/c1-36-22-9-8-19-25(18-11-20(30-13-21(18)32-19)17-3-2-10-29-12-17)24(22)15-4-6-16(7-5-15)26(35)31-14-23(33-27)34-28/h2-13,32H,14,27-28H2,1H3,(H,31,35)(H,33,34). The summed E-state index contributed by atoms with van der Waals surface area (Å²) in [6, 6.07) is 17.2. The van der Waals surface area contributed by atoms with Crippen LogP contribution in [-0.4, -0.2) is 40.3 Å². The van der Waals surface area contributed by atoms with Gasteiger partial charge in [-0.05, 0) is 48.0 Å². The fraction of sp³-hybridized carbons (Fsp3) is 0.0769. The minimum absolute atomic E-state index is 0.0867. The van der Waals surface area contributed by atoms with E-state index >= 15 is 0 Å². The molecule has 2 aromatic carbocycles. The maximum atomic E-state index is 12.6. The lowest BCUT2D eigenvalue weighted by Gasteiger charge is -2.12. The molecule has 0 aliphatic heterocycles. The zero-order chi connectivity index (χ0) is 25.1. The number of rotatable bonds is 6. The van der Waals surface area contributed by atoms with Crippen molar-refractivity contribution in [2.45, 2.75) is 0 Å². The smallest absolute Gasteiger partial charge is 0.251 e.